The van der Waals surface area contributed by atoms with Gasteiger partial charge in [-0.05, 0) is 58.4 Å². The predicted octanol–water partition coefficient (Wildman–Crippen LogP) is 4.84. The van der Waals surface area contributed by atoms with E-state index in [2.05, 4.69) is 21.2 Å². The molecule has 0 aliphatic rings. The number of benzene rings is 2. The summed E-state index contributed by atoms with van der Waals surface area (Å²) in [6, 6.07) is 12.8. The maximum absolute atomic E-state index is 11.9. The third-order valence-corrected chi connectivity index (χ3v) is 4.50. The van der Waals surface area contributed by atoms with Gasteiger partial charge in [-0.25, -0.2) is 0 Å². The van der Waals surface area contributed by atoms with Gasteiger partial charge in [-0.15, -0.1) is 11.8 Å². The molecule has 0 spiro atoms. The first kappa shape index (κ1) is 16.2. The van der Waals surface area contributed by atoms with Gasteiger partial charge in [-0.1, -0.05) is 11.6 Å². The van der Waals surface area contributed by atoms with Crippen LogP contribution in [-0.4, -0.2) is 18.8 Å². The molecule has 2 rings (SSSR count). The Bertz CT molecular complexity index is 634. The Hall–Kier alpha value is -1.17. The topological polar surface area (TPSA) is 38.3 Å². The van der Waals surface area contributed by atoms with Gasteiger partial charge in [-0.2, -0.15) is 0 Å². The molecular weight excluding hydrogens is 374 g/mol. The lowest BCUT2D eigenvalue weighted by molar-refractivity contribution is -0.113. The largest absolute Gasteiger partial charge is 0.496 e. The third kappa shape index (κ3) is 4.95. The third-order valence-electron chi connectivity index (χ3n) is 2.62. The number of nitrogens with one attached hydrogen (secondary N) is 1. The van der Waals surface area contributed by atoms with Gasteiger partial charge in [-0.3, -0.25) is 4.79 Å². The Kier molecular flexibility index (Phi) is 5.96. The molecule has 0 atom stereocenters. The van der Waals surface area contributed by atoms with Gasteiger partial charge < -0.3 is 10.1 Å². The van der Waals surface area contributed by atoms with Crippen LogP contribution < -0.4 is 10.1 Å². The highest BCUT2D eigenvalue weighted by atomic mass is 79.9. The number of halogens is 2. The molecule has 110 valence electrons. The Balaban J connectivity index is 1.89. The fourth-order valence-electron chi connectivity index (χ4n) is 1.62. The molecule has 1 N–H and O–H groups in total. The standard InChI is InChI=1S/C15H13BrClNO2S/c1-20-14-7-4-11(8-13(14)16)18-15(19)9-21-12-5-2-10(17)3-6-12/h2-8H,9H2,1H3,(H,18,19). The molecule has 3 nitrogen and oxygen atoms in total. The summed E-state index contributed by atoms with van der Waals surface area (Å²) in [7, 11) is 1.60. The Morgan fingerprint density at radius 3 is 2.62 bits per heavy atom. The van der Waals surface area contributed by atoms with E-state index in [1.54, 1.807) is 19.2 Å². The summed E-state index contributed by atoms with van der Waals surface area (Å²) in [6.07, 6.45) is 0. The van der Waals surface area contributed by atoms with Crippen LogP contribution in [0.5, 0.6) is 5.75 Å². The van der Waals surface area contributed by atoms with E-state index < -0.39 is 0 Å². The van der Waals surface area contributed by atoms with Crippen LogP contribution in [0.2, 0.25) is 5.02 Å². The van der Waals surface area contributed by atoms with Crippen molar-refractivity contribution in [1.82, 2.24) is 0 Å². The number of ether oxygens (including phenoxy) is 1. The molecule has 0 aliphatic heterocycles. The van der Waals surface area contributed by atoms with Crippen molar-refractivity contribution in [2.45, 2.75) is 4.90 Å². The van der Waals surface area contributed by atoms with Gasteiger partial charge >= 0.3 is 0 Å². The molecule has 0 saturated heterocycles. The van der Waals surface area contributed by atoms with Crippen molar-refractivity contribution in [3.63, 3.8) is 0 Å². The molecule has 0 bridgehead atoms. The number of carbonyl (C=O) groups is 1. The first-order valence-corrected chi connectivity index (χ1v) is 8.26. The average Bonchev–Trinajstić information content (AvgIpc) is 2.47. The zero-order valence-electron chi connectivity index (χ0n) is 11.2. The van der Waals surface area contributed by atoms with E-state index >= 15 is 0 Å². The number of thioether (sulfide) groups is 1. The zero-order chi connectivity index (χ0) is 15.2. The van der Waals surface area contributed by atoms with E-state index in [-0.39, 0.29) is 5.91 Å². The lowest BCUT2D eigenvalue weighted by Crippen LogP contribution is -2.13. The maximum atomic E-state index is 11.9. The number of anilines is 1. The number of carbonyl (C=O) groups excluding carboxylic acids is 1. The van der Waals surface area contributed by atoms with Crippen LogP contribution in [0, 0.1) is 0 Å². The smallest absolute Gasteiger partial charge is 0.234 e. The zero-order valence-corrected chi connectivity index (χ0v) is 14.4. The summed E-state index contributed by atoms with van der Waals surface area (Å²) in [5.41, 5.74) is 0.726. The Labute approximate surface area is 141 Å². The minimum Gasteiger partial charge on any atom is -0.496 e. The lowest BCUT2D eigenvalue weighted by Gasteiger charge is -2.08. The summed E-state index contributed by atoms with van der Waals surface area (Å²) in [4.78, 5) is 12.9. The number of rotatable bonds is 5. The minimum absolute atomic E-state index is 0.0629. The van der Waals surface area contributed by atoms with E-state index in [1.807, 2.05) is 30.3 Å². The first-order valence-electron chi connectivity index (χ1n) is 6.10. The molecule has 0 unspecified atom stereocenters. The fourth-order valence-corrected chi connectivity index (χ4v) is 2.99. The van der Waals surface area contributed by atoms with Crippen LogP contribution in [-0.2, 0) is 4.79 Å². The summed E-state index contributed by atoms with van der Waals surface area (Å²) in [5.74, 6) is 1.00. The lowest BCUT2D eigenvalue weighted by atomic mass is 10.3. The predicted molar refractivity (Wildman–Crippen MR) is 91.5 cm³/mol. The van der Waals surface area contributed by atoms with E-state index in [0.717, 1.165) is 20.8 Å². The highest BCUT2D eigenvalue weighted by molar-refractivity contribution is 9.10. The number of amides is 1. The normalized spacial score (nSPS) is 10.2. The quantitative estimate of drug-likeness (QED) is 0.747. The molecule has 0 fully saturated rings. The van der Waals surface area contributed by atoms with Crippen molar-refractivity contribution in [3.05, 3.63) is 52.0 Å². The molecule has 2 aromatic carbocycles. The van der Waals surface area contributed by atoms with Crippen LogP contribution >= 0.6 is 39.3 Å². The summed E-state index contributed by atoms with van der Waals surface area (Å²) in [5, 5.41) is 3.53. The maximum Gasteiger partial charge on any atom is 0.234 e. The van der Waals surface area contributed by atoms with E-state index in [4.69, 9.17) is 16.3 Å². The Morgan fingerprint density at radius 2 is 2.00 bits per heavy atom. The average molecular weight is 387 g/mol. The molecule has 2 aromatic rings. The second kappa shape index (κ2) is 7.73. The van der Waals surface area contributed by atoms with Crippen LogP contribution in [0.15, 0.2) is 51.8 Å². The van der Waals surface area contributed by atoms with Gasteiger partial charge in [0.25, 0.3) is 0 Å². The molecule has 21 heavy (non-hydrogen) atoms. The fraction of sp³-hybridized carbons (Fsp3) is 0.133. The molecular formula is C15H13BrClNO2S. The van der Waals surface area contributed by atoms with Crippen LogP contribution in [0.25, 0.3) is 0 Å². The van der Waals surface area contributed by atoms with Gasteiger partial charge in [0.05, 0.1) is 17.3 Å². The van der Waals surface area contributed by atoms with Gasteiger partial charge in [0.15, 0.2) is 0 Å². The molecule has 0 heterocycles. The van der Waals surface area contributed by atoms with Crippen molar-refractivity contribution >= 4 is 50.9 Å². The number of methoxy groups -OCH3 is 1. The number of hydrogen-bond donors (Lipinski definition) is 1. The van der Waals surface area contributed by atoms with Crippen LogP contribution in [0.3, 0.4) is 0 Å². The molecule has 0 aromatic heterocycles. The second-order valence-corrected chi connectivity index (χ2v) is 6.48. The van der Waals surface area contributed by atoms with Crippen molar-refractivity contribution in [2.75, 3.05) is 18.2 Å². The van der Waals surface area contributed by atoms with Crippen molar-refractivity contribution in [2.24, 2.45) is 0 Å². The summed E-state index contributed by atoms with van der Waals surface area (Å²) in [6.45, 7) is 0. The van der Waals surface area contributed by atoms with Gasteiger partial charge in [0.1, 0.15) is 5.75 Å². The van der Waals surface area contributed by atoms with Crippen molar-refractivity contribution in [3.8, 4) is 5.75 Å². The SMILES string of the molecule is COc1ccc(NC(=O)CSc2ccc(Cl)cc2)cc1Br. The molecule has 0 radical (unpaired) electrons. The van der Waals surface area contributed by atoms with Crippen molar-refractivity contribution in [1.29, 1.82) is 0 Å². The number of hydrogen-bond acceptors (Lipinski definition) is 3. The first-order chi connectivity index (χ1) is 10.1. The monoisotopic (exact) mass is 385 g/mol. The molecule has 6 heteroatoms. The highest BCUT2D eigenvalue weighted by Crippen LogP contribution is 2.28. The molecule has 1 amide bonds. The molecule has 0 aliphatic carbocycles. The van der Waals surface area contributed by atoms with Gasteiger partial charge in [0.2, 0.25) is 5.91 Å². The minimum atomic E-state index is -0.0629. The van der Waals surface area contributed by atoms with Crippen molar-refractivity contribution < 1.29 is 9.53 Å². The van der Waals surface area contributed by atoms with E-state index in [1.165, 1.54) is 11.8 Å². The van der Waals surface area contributed by atoms with E-state index in [9.17, 15) is 4.79 Å². The highest BCUT2D eigenvalue weighted by Gasteiger charge is 2.06. The van der Waals surface area contributed by atoms with Crippen LogP contribution in [0.4, 0.5) is 5.69 Å². The second-order valence-electron chi connectivity index (χ2n) is 4.14. The Morgan fingerprint density at radius 1 is 1.29 bits per heavy atom. The van der Waals surface area contributed by atoms with Gasteiger partial charge in [0, 0.05) is 15.6 Å². The molecule has 0 saturated carbocycles. The van der Waals surface area contributed by atoms with Crippen LogP contribution in [0.1, 0.15) is 0 Å². The summed E-state index contributed by atoms with van der Waals surface area (Å²) < 4.78 is 5.94. The van der Waals surface area contributed by atoms with E-state index in [0.29, 0.717) is 10.8 Å². The summed E-state index contributed by atoms with van der Waals surface area (Å²) >= 11 is 10.7.